The fraction of sp³-hybridized carbons (Fsp3) is 0.583. The third kappa shape index (κ3) is 2.58. The minimum absolute atomic E-state index is 0.00833. The molecule has 7 nitrogen and oxygen atoms in total. The van der Waals surface area contributed by atoms with Crippen LogP contribution in [0.3, 0.4) is 0 Å². The van der Waals surface area contributed by atoms with Gasteiger partial charge in [0.2, 0.25) is 10.0 Å². The maximum absolute atomic E-state index is 12.4. The largest absolute Gasteiger partial charge is 0.477 e. The van der Waals surface area contributed by atoms with Crippen LogP contribution in [0.1, 0.15) is 35.1 Å². The van der Waals surface area contributed by atoms with Gasteiger partial charge in [-0.15, -0.1) is 0 Å². The third-order valence-corrected chi connectivity index (χ3v) is 5.30. The molecule has 1 aliphatic heterocycles. The molecule has 2 rings (SSSR count). The summed E-state index contributed by atoms with van der Waals surface area (Å²) in [7, 11) is -3.78. The van der Waals surface area contributed by atoms with Gasteiger partial charge in [0.05, 0.1) is 12.1 Å². The Labute approximate surface area is 117 Å². The molecule has 0 radical (unpaired) electrons. The van der Waals surface area contributed by atoms with Gasteiger partial charge < -0.3 is 14.8 Å². The number of aromatic amines is 1. The number of carboxylic acid groups (broad SMARTS) is 1. The summed E-state index contributed by atoms with van der Waals surface area (Å²) < 4.78 is 32.8. The summed E-state index contributed by atoms with van der Waals surface area (Å²) in [6.07, 6.45) is 0.414. The molecule has 0 aliphatic carbocycles. The van der Waals surface area contributed by atoms with Crippen LogP contribution in [-0.4, -0.2) is 43.2 Å². The summed E-state index contributed by atoms with van der Waals surface area (Å²) in [6.45, 7) is 5.35. The average molecular weight is 302 g/mol. The van der Waals surface area contributed by atoms with Crippen LogP contribution in [0.2, 0.25) is 0 Å². The number of ether oxygens (including phenoxy) is 1. The fourth-order valence-corrected chi connectivity index (χ4v) is 4.28. The lowest BCUT2D eigenvalue weighted by Gasteiger charge is -2.16. The highest BCUT2D eigenvalue weighted by molar-refractivity contribution is 7.89. The Morgan fingerprint density at radius 2 is 2.10 bits per heavy atom. The first-order valence-electron chi connectivity index (χ1n) is 6.30. The molecule has 3 N–H and O–H groups in total. The number of rotatable bonds is 4. The fourth-order valence-electron chi connectivity index (χ4n) is 2.49. The lowest BCUT2D eigenvalue weighted by atomic mass is 10.2. The summed E-state index contributed by atoms with van der Waals surface area (Å²) in [5, 5.41) is 9.03. The first-order chi connectivity index (χ1) is 9.24. The Hall–Kier alpha value is -1.38. The molecule has 0 spiro atoms. The lowest BCUT2D eigenvalue weighted by molar-refractivity contribution is 0.0690. The molecule has 0 bridgehead atoms. The second kappa shape index (κ2) is 5.19. The molecule has 0 aromatic carbocycles. The van der Waals surface area contributed by atoms with Gasteiger partial charge >= 0.3 is 5.97 Å². The number of nitrogens with one attached hydrogen (secondary N) is 2. The zero-order valence-corrected chi connectivity index (χ0v) is 12.4. The van der Waals surface area contributed by atoms with Crippen molar-refractivity contribution < 1.29 is 23.1 Å². The molecule has 8 heteroatoms. The molecule has 1 saturated heterocycles. The number of aromatic nitrogens is 1. The van der Waals surface area contributed by atoms with Crippen LogP contribution in [0.25, 0.3) is 0 Å². The minimum Gasteiger partial charge on any atom is -0.477 e. The van der Waals surface area contributed by atoms with Crippen molar-refractivity contribution in [2.75, 3.05) is 6.61 Å². The van der Waals surface area contributed by atoms with Gasteiger partial charge in [0, 0.05) is 17.9 Å². The van der Waals surface area contributed by atoms with Crippen LogP contribution in [0.15, 0.2) is 4.90 Å². The first kappa shape index (κ1) is 15.0. The van der Waals surface area contributed by atoms with Gasteiger partial charge in [0.15, 0.2) is 0 Å². The molecule has 1 aliphatic rings. The van der Waals surface area contributed by atoms with Crippen LogP contribution < -0.4 is 4.72 Å². The molecular formula is C12H18N2O5S. The second-order valence-corrected chi connectivity index (χ2v) is 6.63. The maximum Gasteiger partial charge on any atom is 0.352 e. The van der Waals surface area contributed by atoms with E-state index >= 15 is 0 Å². The molecule has 20 heavy (non-hydrogen) atoms. The zero-order chi connectivity index (χ0) is 15.1. The number of carbonyl (C=O) groups is 1. The molecule has 1 fully saturated rings. The molecule has 1 aromatic rings. The van der Waals surface area contributed by atoms with E-state index in [0.717, 1.165) is 0 Å². The molecule has 112 valence electrons. The van der Waals surface area contributed by atoms with Crippen molar-refractivity contribution in [3.63, 3.8) is 0 Å². The standard InChI is InChI=1S/C12H18N2O5S/c1-6-10(12(15)16)13-7(2)11(6)20(17,18)14-9-4-5-19-8(9)3/h8-9,13-14H,4-5H2,1-3H3,(H,15,16). The van der Waals surface area contributed by atoms with Crippen molar-refractivity contribution in [1.82, 2.24) is 9.71 Å². The van der Waals surface area contributed by atoms with E-state index in [1.807, 2.05) is 0 Å². The number of aryl methyl sites for hydroxylation is 1. The van der Waals surface area contributed by atoms with Gasteiger partial charge in [-0.3, -0.25) is 0 Å². The highest BCUT2D eigenvalue weighted by atomic mass is 32.2. The summed E-state index contributed by atoms with van der Waals surface area (Å²) in [6, 6.07) is -0.290. The SMILES string of the molecule is Cc1[nH]c(C(=O)O)c(C)c1S(=O)(=O)NC1CCOC1C. The van der Waals surface area contributed by atoms with E-state index < -0.39 is 16.0 Å². The van der Waals surface area contributed by atoms with E-state index in [1.54, 1.807) is 13.8 Å². The summed E-state index contributed by atoms with van der Waals surface area (Å²) in [5.74, 6) is -1.18. The molecule has 1 aromatic heterocycles. The van der Waals surface area contributed by atoms with Crippen molar-refractivity contribution in [3.05, 3.63) is 17.0 Å². The van der Waals surface area contributed by atoms with Crippen molar-refractivity contribution in [2.24, 2.45) is 0 Å². The van der Waals surface area contributed by atoms with Crippen molar-refractivity contribution in [2.45, 2.75) is 44.2 Å². The molecule has 0 saturated carbocycles. The lowest BCUT2D eigenvalue weighted by Crippen LogP contribution is -2.39. The summed E-state index contributed by atoms with van der Waals surface area (Å²) in [5.41, 5.74) is 0.437. The summed E-state index contributed by atoms with van der Waals surface area (Å²) >= 11 is 0. The van der Waals surface area contributed by atoms with Crippen LogP contribution in [0.4, 0.5) is 0 Å². The number of hydrogen-bond acceptors (Lipinski definition) is 4. The number of sulfonamides is 1. The number of hydrogen-bond donors (Lipinski definition) is 3. The topological polar surface area (TPSA) is 108 Å². The quantitative estimate of drug-likeness (QED) is 0.762. The number of H-pyrrole nitrogens is 1. The highest BCUT2D eigenvalue weighted by Crippen LogP contribution is 2.24. The molecular weight excluding hydrogens is 284 g/mol. The second-order valence-electron chi connectivity index (χ2n) is 4.98. The molecule has 2 atom stereocenters. The van der Waals surface area contributed by atoms with E-state index in [0.29, 0.717) is 18.7 Å². The molecule has 2 heterocycles. The highest BCUT2D eigenvalue weighted by Gasteiger charge is 2.32. The van der Waals surface area contributed by atoms with Gasteiger partial charge in [0.25, 0.3) is 0 Å². The van der Waals surface area contributed by atoms with Gasteiger partial charge in [-0.05, 0) is 27.2 Å². The normalized spacial score (nSPS) is 23.1. The number of carboxylic acids is 1. The summed E-state index contributed by atoms with van der Waals surface area (Å²) in [4.78, 5) is 13.7. The Balaban J connectivity index is 2.37. The Bertz CT molecular complexity index is 635. The maximum atomic E-state index is 12.4. The minimum atomic E-state index is -3.78. The number of aromatic carboxylic acids is 1. The Morgan fingerprint density at radius 1 is 1.45 bits per heavy atom. The van der Waals surface area contributed by atoms with Gasteiger partial charge in [0.1, 0.15) is 10.6 Å². The monoisotopic (exact) mass is 302 g/mol. The van der Waals surface area contributed by atoms with Gasteiger partial charge in [-0.1, -0.05) is 0 Å². The molecule has 2 unspecified atom stereocenters. The van der Waals surface area contributed by atoms with E-state index in [1.165, 1.54) is 6.92 Å². The van der Waals surface area contributed by atoms with Crippen LogP contribution >= 0.6 is 0 Å². The van der Waals surface area contributed by atoms with Crippen molar-refractivity contribution >= 4 is 16.0 Å². The third-order valence-electron chi connectivity index (χ3n) is 3.53. The first-order valence-corrected chi connectivity index (χ1v) is 7.78. The van der Waals surface area contributed by atoms with Crippen LogP contribution in [0, 0.1) is 13.8 Å². The van der Waals surface area contributed by atoms with Gasteiger partial charge in [-0.25, -0.2) is 17.9 Å². The van der Waals surface area contributed by atoms with Gasteiger partial charge in [-0.2, -0.15) is 0 Å². The van der Waals surface area contributed by atoms with Crippen LogP contribution in [-0.2, 0) is 14.8 Å². The Kier molecular flexibility index (Phi) is 3.90. The predicted octanol–water partition coefficient (Wildman–Crippen LogP) is 0.785. The van der Waals surface area contributed by atoms with Crippen LogP contribution in [0.5, 0.6) is 0 Å². The Morgan fingerprint density at radius 3 is 2.55 bits per heavy atom. The molecule has 0 amide bonds. The van der Waals surface area contributed by atoms with Crippen molar-refractivity contribution in [3.8, 4) is 0 Å². The average Bonchev–Trinajstić information content (AvgIpc) is 2.83. The smallest absolute Gasteiger partial charge is 0.352 e. The zero-order valence-electron chi connectivity index (χ0n) is 11.6. The van der Waals surface area contributed by atoms with E-state index in [2.05, 4.69) is 9.71 Å². The van der Waals surface area contributed by atoms with E-state index in [4.69, 9.17) is 9.84 Å². The van der Waals surface area contributed by atoms with Crippen molar-refractivity contribution in [1.29, 1.82) is 0 Å². The van der Waals surface area contributed by atoms with E-state index in [9.17, 15) is 13.2 Å². The van der Waals surface area contributed by atoms with E-state index in [-0.39, 0.29) is 28.3 Å². The predicted molar refractivity (Wildman–Crippen MR) is 71.4 cm³/mol.